The van der Waals surface area contributed by atoms with E-state index in [-0.39, 0.29) is 17.9 Å². The van der Waals surface area contributed by atoms with Crippen LogP contribution in [-0.2, 0) is 9.59 Å². The lowest BCUT2D eigenvalue weighted by Gasteiger charge is -2.39. The summed E-state index contributed by atoms with van der Waals surface area (Å²) in [6.07, 6.45) is 4.04. The minimum Gasteiger partial charge on any atom is -0.354 e. The molecule has 1 N–H and O–H groups in total. The van der Waals surface area contributed by atoms with Gasteiger partial charge < -0.3 is 15.1 Å². The van der Waals surface area contributed by atoms with Gasteiger partial charge in [0.1, 0.15) is 5.82 Å². The van der Waals surface area contributed by atoms with E-state index in [0.717, 1.165) is 57.9 Å². The van der Waals surface area contributed by atoms with Crippen molar-refractivity contribution >= 4 is 17.6 Å². The van der Waals surface area contributed by atoms with Crippen molar-refractivity contribution in [2.24, 2.45) is 0 Å². The molecule has 3 aliphatic rings. The first kappa shape index (κ1) is 20.1. The van der Waals surface area contributed by atoms with Crippen molar-refractivity contribution < 1.29 is 9.59 Å². The standard InChI is InChI=1S/C21H32N6O2/c1-17(21(29)23-18-5-6-18)25-12-14-27(15-13-25)20(28)16-24-8-10-26(11-9-24)19-4-2-3-7-22-19/h2-4,7,17-18H,5-6,8-16H2,1H3,(H,23,29). The molecule has 1 unspecified atom stereocenters. The Labute approximate surface area is 172 Å². The van der Waals surface area contributed by atoms with Gasteiger partial charge in [-0.05, 0) is 31.9 Å². The molecule has 2 amide bonds. The zero-order chi connectivity index (χ0) is 20.2. The molecule has 1 saturated carbocycles. The predicted octanol–water partition coefficient (Wildman–Crippen LogP) is 0.0149. The molecule has 4 rings (SSSR count). The number of nitrogens with zero attached hydrogens (tertiary/aromatic N) is 5. The number of amides is 2. The Balaban J connectivity index is 1.18. The van der Waals surface area contributed by atoms with E-state index in [0.29, 0.717) is 25.7 Å². The van der Waals surface area contributed by atoms with Gasteiger partial charge in [0.2, 0.25) is 11.8 Å². The summed E-state index contributed by atoms with van der Waals surface area (Å²) in [7, 11) is 0. The molecule has 0 radical (unpaired) electrons. The fraction of sp³-hybridized carbons (Fsp3) is 0.667. The summed E-state index contributed by atoms with van der Waals surface area (Å²) in [5.41, 5.74) is 0. The molecule has 1 aromatic rings. The number of hydrogen-bond donors (Lipinski definition) is 1. The third-order valence-electron chi connectivity index (χ3n) is 6.22. The van der Waals surface area contributed by atoms with Gasteiger partial charge in [-0.2, -0.15) is 0 Å². The molecule has 3 fully saturated rings. The SMILES string of the molecule is CC(C(=O)NC1CC1)N1CCN(C(=O)CN2CCN(c3ccccn3)CC2)CC1. The van der Waals surface area contributed by atoms with Gasteiger partial charge >= 0.3 is 0 Å². The van der Waals surface area contributed by atoms with Gasteiger partial charge in [-0.1, -0.05) is 6.07 Å². The second-order valence-electron chi connectivity index (χ2n) is 8.33. The fourth-order valence-electron chi connectivity index (χ4n) is 4.04. The van der Waals surface area contributed by atoms with Gasteiger partial charge in [-0.25, -0.2) is 4.98 Å². The number of piperazine rings is 2. The van der Waals surface area contributed by atoms with Crippen molar-refractivity contribution in [1.29, 1.82) is 0 Å². The van der Waals surface area contributed by atoms with Crippen LogP contribution >= 0.6 is 0 Å². The van der Waals surface area contributed by atoms with E-state index < -0.39 is 0 Å². The van der Waals surface area contributed by atoms with Crippen LogP contribution in [0.2, 0.25) is 0 Å². The molecule has 8 heteroatoms. The van der Waals surface area contributed by atoms with Gasteiger partial charge in [0.05, 0.1) is 12.6 Å². The van der Waals surface area contributed by atoms with Crippen LogP contribution in [0.3, 0.4) is 0 Å². The zero-order valence-corrected chi connectivity index (χ0v) is 17.3. The Morgan fingerprint density at radius 2 is 1.79 bits per heavy atom. The Morgan fingerprint density at radius 3 is 2.41 bits per heavy atom. The zero-order valence-electron chi connectivity index (χ0n) is 17.3. The van der Waals surface area contributed by atoms with E-state index in [1.165, 1.54) is 0 Å². The minimum atomic E-state index is -0.118. The highest BCUT2D eigenvalue weighted by Gasteiger charge is 2.31. The second kappa shape index (κ2) is 9.09. The van der Waals surface area contributed by atoms with Crippen molar-refractivity contribution in [3.05, 3.63) is 24.4 Å². The molecule has 0 bridgehead atoms. The highest BCUT2D eigenvalue weighted by atomic mass is 16.2. The normalized spacial score (nSPS) is 22.4. The van der Waals surface area contributed by atoms with Crippen molar-refractivity contribution in [3.8, 4) is 0 Å². The van der Waals surface area contributed by atoms with Gasteiger partial charge in [0.25, 0.3) is 0 Å². The number of hydrogen-bond acceptors (Lipinski definition) is 6. The lowest BCUT2D eigenvalue weighted by Crippen LogP contribution is -2.57. The van der Waals surface area contributed by atoms with Crippen LogP contribution in [0.4, 0.5) is 5.82 Å². The molecule has 1 aromatic heterocycles. The van der Waals surface area contributed by atoms with Crippen molar-refractivity contribution in [1.82, 2.24) is 25.0 Å². The van der Waals surface area contributed by atoms with Crippen LogP contribution in [0.15, 0.2) is 24.4 Å². The Hall–Kier alpha value is -2.19. The van der Waals surface area contributed by atoms with Gasteiger partial charge in [-0.15, -0.1) is 0 Å². The topological polar surface area (TPSA) is 72.0 Å². The molecule has 8 nitrogen and oxygen atoms in total. The van der Waals surface area contributed by atoms with Crippen LogP contribution < -0.4 is 10.2 Å². The summed E-state index contributed by atoms with van der Waals surface area (Å²) in [6, 6.07) is 6.25. The Bertz CT molecular complexity index is 694. The van der Waals surface area contributed by atoms with E-state index in [1.807, 2.05) is 36.2 Å². The molecular weight excluding hydrogens is 368 g/mol. The number of carbonyl (C=O) groups excluding carboxylic acids is 2. The Kier molecular flexibility index (Phi) is 6.30. The first-order chi connectivity index (χ1) is 14.1. The van der Waals surface area contributed by atoms with Gasteiger partial charge in [-0.3, -0.25) is 19.4 Å². The third-order valence-corrected chi connectivity index (χ3v) is 6.22. The molecule has 1 aliphatic carbocycles. The number of pyridine rings is 1. The largest absolute Gasteiger partial charge is 0.354 e. The summed E-state index contributed by atoms with van der Waals surface area (Å²) in [5.74, 6) is 1.33. The van der Waals surface area contributed by atoms with Crippen LogP contribution in [-0.4, -0.2) is 102 Å². The van der Waals surface area contributed by atoms with E-state index >= 15 is 0 Å². The van der Waals surface area contributed by atoms with Crippen LogP contribution in [0.25, 0.3) is 0 Å². The number of anilines is 1. The van der Waals surface area contributed by atoms with Crippen molar-refractivity contribution in [2.75, 3.05) is 63.8 Å². The Morgan fingerprint density at radius 1 is 1.07 bits per heavy atom. The average molecular weight is 401 g/mol. The van der Waals surface area contributed by atoms with Crippen LogP contribution in [0.5, 0.6) is 0 Å². The molecule has 2 saturated heterocycles. The summed E-state index contributed by atoms with van der Waals surface area (Å²) >= 11 is 0. The molecule has 0 aromatic carbocycles. The first-order valence-electron chi connectivity index (χ1n) is 10.8. The number of nitrogens with one attached hydrogen (secondary N) is 1. The van der Waals surface area contributed by atoms with E-state index in [1.54, 1.807) is 0 Å². The molecule has 1 atom stereocenters. The van der Waals surface area contributed by atoms with Crippen LogP contribution in [0.1, 0.15) is 19.8 Å². The van der Waals surface area contributed by atoms with Crippen LogP contribution in [0, 0.1) is 0 Å². The van der Waals surface area contributed by atoms with E-state index in [2.05, 4.69) is 25.0 Å². The molecular formula is C21H32N6O2. The molecule has 29 heavy (non-hydrogen) atoms. The van der Waals surface area contributed by atoms with E-state index in [4.69, 9.17) is 0 Å². The van der Waals surface area contributed by atoms with Crippen molar-refractivity contribution in [2.45, 2.75) is 31.8 Å². The fourth-order valence-corrected chi connectivity index (χ4v) is 4.04. The highest BCUT2D eigenvalue weighted by molar-refractivity contribution is 5.82. The molecule has 2 aliphatic heterocycles. The minimum absolute atomic E-state index is 0.118. The monoisotopic (exact) mass is 400 g/mol. The maximum absolute atomic E-state index is 12.7. The maximum Gasteiger partial charge on any atom is 0.237 e. The number of carbonyl (C=O) groups is 2. The molecule has 158 valence electrons. The smallest absolute Gasteiger partial charge is 0.237 e. The number of aromatic nitrogens is 1. The predicted molar refractivity (Wildman–Crippen MR) is 112 cm³/mol. The summed E-state index contributed by atoms with van der Waals surface area (Å²) in [6.45, 7) is 8.92. The number of rotatable bonds is 6. The van der Waals surface area contributed by atoms with Crippen molar-refractivity contribution in [3.63, 3.8) is 0 Å². The average Bonchev–Trinajstić information content (AvgIpc) is 3.58. The molecule has 0 spiro atoms. The van der Waals surface area contributed by atoms with Gasteiger partial charge in [0, 0.05) is 64.6 Å². The van der Waals surface area contributed by atoms with Gasteiger partial charge in [0.15, 0.2) is 0 Å². The highest BCUT2D eigenvalue weighted by Crippen LogP contribution is 2.19. The lowest BCUT2D eigenvalue weighted by molar-refractivity contribution is -0.135. The lowest BCUT2D eigenvalue weighted by atomic mass is 10.2. The maximum atomic E-state index is 12.7. The van der Waals surface area contributed by atoms with E-state index in [9.17, 15) is 9.59 Å². The third kappa shape index (κ3) is 5.25. The summed E-state index contributed by atoms with van der Waals surface area (Å²) < 4.78 is 0. The molecule has 3 heterocycles. The second-order valence-corrected chi connectivity index (χ2v) is 8.33. The summed E-state index contributed by atoms with van der Waals surface area (Å²) in [4.78, 5) is 38.1. The first-order valence-corrected chi connectivity index (χ1v) is 10.8. The summed E-state index contributed by atoms with van der Waals surface area (Å²) in [5, 5.41) is 3.08. The quantitative estimate of drug-likeness (QED) is 0.726.